The zero-order valence-corrected chi connectivity index (χ0v) is 10.7. The smallest absolute Gasteiger partial charge is 0.315 e. The lowest BCUT2D eigenvalue weighted by atomic mass is 10.1. The average Bonchev–Trinajstić information content (AvgIpc) is 2.63. The van der Waals surface area contributed by atoms with Crippen molar-refractivity contribution in [3.63, 3.8) is 0 Å². The van der Waals surface area contributed by atoms with Gasteiger partial charge in [-0.15, -0.1) is 0 Å². The Hall–Kier alpha value is -2.43. The van der Waals surface area contributed by atoms with E-state index in [2.05, 4.69) is 9.97 Å². The number of hydrogen-bond donors (Lipinski definition) is 1. The largest absolute Gasteiger partial charge is 0.345 e. The molecule has 19 heavy (non-hydrogen) atoms. The van der Waals surface area contributed by atoms with Gasteiger partial charge < -0.3 is 9.88 Å². The molecule has 5 heteroatoms. The summed E-state index contributed by atoms with van der Waals surface area (Å²) in [4.78, 5) is 31.3. The Balaban J connectivity index is 2.11. The number of carbonyl (C=O) groups excluding carboxylic acids is 1. The fraction of sp³-hybridized carbons (Fsp3) is 0.214. The number of aromatic nitrogens is 2. The van der Waals surface area contributed by atoms with E-state index in [0.717, 1.165) is 22.5 Å². The molecule has 0 aliphatic carbocycles. The Morgan fingerprint density at radius 3 is 2.79 bits per heavy atom. The van der Waals surface area contributed by atoms with Gasteiger partial charge in [0.15, 0.2) is 0 Å². The monoisotopic (exact) mass is 255 g/mol. The lowest BCUT2D eigenvalue weighted by molar-refractivity contribution is -0.117. The molecular weight excluding hydrogens is 242 g/mol. The fourth-order valence-electron chi connectivity index (χ4n) is 2.36. The first-order valence-electron chi connectivity index (χ1n) is 6.02. The number of carbonyl (C=O) groups is 1. The Bertz CT molecular complexity index is 734. The van der Waals surface area contributed by atoms with Crippen LogP contribution in [0.2, 0.25) is 0 Å². The maximum atomic E-state index is 11.6. The van der Waals surface area contributed by atoms with Crippen molar-refractivity contribution >= 4 is 11.6 Å². The van der Waals surface area contributed by atoms with E-state index in [1.165, 1.54) is 0 Å². The maximum absolute atomic E-state index is 11.6. The minimum absolute atomic E-state index is 0.0854. The number of anilines is 1. The molecule has 2 heterocycles. The second-order valence-electron chi connectivity index (χ2n) is 4.73. The fourth-order valence-corrected chi connectivity index (χ4v) is 2.36. The minimum Gasteiger partial charge on any atom is -0.315 e. The summed E-state index contributed by atoms with van der Waals surface area (Å²) in [6.45, 7) is 1.82. The zero-order chi connectivity index (χ0) is 13.6. The minimum atomic E-state index is -0.358. The number of H-pyrrole nitrogens is 1. The summed E-state index contributed by atoms with van der Waals surface area (Å²) < 4.78 is 0. The molecule has 0 atom stereocenters. The highest BCUT2D eigenvalue weighted by atomic mass is 16.2. The third-order valence-electron chi connectivity index (χ3n) is 3.33. The molecule has 0 bridgehead atoms. The van der Waals surface area contributed by atoms with Crippen molar-refractivity contribution in [2.75, 3.05) is 11.9 Å². The number of nitrogens with one attached hydrogen (secondary N) is 1. The normalized spacial score (nSPS) is 13.8. The third kappa shape index (κ3) is 1.93. The first kappa shape index (κ1) is 11.6. The number of rotatable bonds is 1. The van der Waals surface area contributed by atoms with E-state index in [4.69, 9.17) is 0 Å². The Labute approximate surface area is 109 Å². The summed E-state index contributed by atoms with van der Waals surface area (Å²) in [5.74, 6) is 0.0854. The van der Waals surface area contributed by atoms with Crippen LogP contribution in [-0.2, 0) is 11.2 Å². The zero-order valence-electron chi connectivity index (χ0n) is 10.7. The number of benzene rings is 1. The number of hydrogen-bond acceptors (Lipinski definition) is 3. The number of aryl methyl sites for hydroxylation is 1. The predicted octanol–water partition coefficient (Wildman–Crippen LogP) is 1.26. The van der Waals surface area contributed by atoms with Crippen molar-refractivity contribution in [1.82, 2.24) is 9.97 Å². The summed E-state index contributed by atoms with van der Waals surface area (Å²) in [5.41, 5.74) is 3.80. The second-order valence-corrected chi connectivity index (χ2v) is 4.73. The summed E-state index contributed by atoms with van der Waals surface area (Å²) >= 11 is 0. The molecule has 1 aromatic carbocycles. The van der Waals surface area contributed by atoms with Crippen molar-refractivity contribution in [1.29, 1.82) is 0 Å². The van der Waals surface area contributed by atoms with Gasteiger partial charge in [-0.3, -0.25) is 4.79 Å². The van der Waals surface area contributed by atoms with E-state index >= 15 is 0 Å². The highest BCUT2D eigenvalue weighted by Crippen LogP contribution is 2.31. The van der Waals surface area contributed by atoms with Gasteiger partial charge in [-0.1, -0.05) is 6.07 Å². The molecule has 1 aromatic heterocycles. The van der Waals surface area contributed by atoms with E-state index in [-0.39, 0.29) is 11.6 Å². The summed E-state index contributed by atoms with van der Waals surface area (Å²) in [5, 5.41) is 0. The van der Waals surface area contributed by atoms with Crippen LogP contribution < -0.4 is 10.6 Å². The molecule has 1 aliphatic rings. The van der Waals surface area contributed by atoms with Crippen LogP contribution in [-0.4, -0.2) is 22.9 Å². The topological polar surface area (TPSA) is 66.1 Å². The number of nitrogens with zero attached hydrogens (tertiary/aromatic N) is 2. The van der Waals surface area contributed by atoms with E-state index in [9.17, 15) is 9.59 Å². The van der Waals surface area contributed by atoms with E-state index in [0.29, 0.717) is 12.1 Å². The van der Waals surface area contributed by atoms with Crippen molar-refractivity contribution in [2.24, 2.45) is 0 Å². The Morgan fingerprint density at radius 2 is 2.05 bits per heavy atom. The summed E-state index contributed by atoms with van der Waals surface area (Å²) in [7, 11) is 1.77. The molecule has 0 fully saturated rings. The van der Waals surface area contributed by atoms with Crippen LogP contribution in [0.4, 0.5) is 5.69 Å². The van der Waals surface area contributed by atoms with E-state index in [1.807, 2.05) is 31.2 Å². The van der Waals surface area contributed by atoms with Crippen LogP contribution in [0.5, 0.6) is 0 Å². The second kappa shape index (κ2) is 4.05. The lowest BCUT2D eigenvalue weighted by Gasteiger charge is -2.10. The van der Waals surface area contributed by atoms with Gasteiger partial charge in [0.1, 0.15) is 0 Å². The van der Waals surface area contributed by atoms with Gasteiger partial charge in [0.25, 0.3) is 0 Å². The van der Waals surface area contributed by atoms with Crippen LogP contribution >= 0.6 is 0 Å². The number of likely N-dealkylation sites (N-methyl/N-ethyl adjacent to an activating group) is 1. The van der Waals surface area contributed by atoms with Crippen LogP contribution in [0.1, 0.15) is 11.3 Å². The Kier molecular flexibility index (Phi) is 2.48. The number of aromatic amines is 1. The van der Waals surface area contributed by atoms with Gasteiger partial charge in [-0.2, -0.15) is 4.98 Å². The molecule has 1 N–H and O–H groups in total. The van der Waals surface area contributed by atoms with Crippen molar-refractivity contribution < 1.29 is 4.79 Å². The number of amides is 1. The molecule has 96 valence electrons. The standard InChI is InChI=1S/C14H13N3O2/c1-8-5-11(16-14(19)15-8)9-3-4-12-10(6-9)7-13(18)17(12)2/h3-6H,7H2,1-2H3,(H,15,16,19). The molecule has 0 saturated heterocycles. The summed E-state index contributed by atoms with van der Waals surface area (Å²) in [6, 6.07) is 7.53. The highest BCUT2D eigenvalue weighted by molar-refractivity contribution is 6.01. The first-order chi connectivity index (χ1) is 9.04. The highest BCUT2D eigenvalue weighted by Gasteiger charge is 2.24. The molecule has 1 amide bonds. The SMILES string of the molecule is Cc1cc(-c2ccc3c(c2)CC(=O)N3C)nc(=O)[nH]1. The molecule has 0 radical (unpaired) electrons. The van der Waals surface area contributed by atoms with Crippen molar-refractivity contribution in [3.8, 4) is 11.3 Å². The molecule has 1 aliphatic heterocycles. The molecular formula is C14H13N3O2. The van der Waals surface area contributed by atoms with Gasteiger partial charge in [-0.25, -0.2) is 4.79 Å². The quantitative estimate of drug-likeness (QED) is 0.834. The van der Waals surface area contributed by atoms with Gasteiger partial charge >= 0.3 is 5.69 Å². The van der Waals surface area contributed by atoms with Gasteiger partial charge in [-0.05, 0) is 30.7 Å². The van der Waals surface area contributed by atoms with Crippen LogP contribution in [0, 0.1) is 6.92 Å². The Morgan fingerprint density at radius 1 is 1.26 bits per heavy atom. The van der Waals surface area contributed by atoms with Crippen LogP contribution in [0.25, 0.3) is 11.3 Å². The van der Waals surface area contributed by atoms with Gasteiger partial charge in [0.05, 0.1) is 12.1 Å². The molecule has 0 spiro atoms. The van der Waals surface area contributed by atoms with Crippen molar-refractivity contribution in [2.45, 2.75) is 13.3 Å². The van der Waals surface area contributed by atoms with E-state index < -0.39 is 0 Å². The first-order valence-corrected chi connectivity index (χ1v) is 6.02. The molecule has 5 nitrogen and oxygen atoms in total. The third-order valence-corrected chi connectivity index (χ3v) is 3.33. The summed E-state index contributed by atoms with van der Waals surface area (Å²) in [6.07, 6.45) is 0.405. The molecule has 0 saturated carbocycles. The van der Waals surface area contributed by atoms with E-state index in [1.54, 1.807) is 11.9 Å². The van der Waals surface area contributed by atoms with Gasteiger partial charge in [0, 0.05) is 24.0 Å². The number of fused-ring (bicyclic) bond motifs is 1. The maximum Gasteiger partial charge on any atom is 0.345 e. The van der Waals surface area contributed by atoms with Crippen LogP contribution in [0.3, 0.4) is 0 Å². The average molecular weight is 255 g/mol. The van der Waals surface area contributed by atoms with Crippen molar-refractivity contribution in [3.05, 3.63) is 46.0 Å². The van der Waals surface area contributed by atoms with Crippen LogP contribution in [0.15, 0.2) is 29.1 Å². The van der Waals surface area contributed by atoms with Gasteiger partial charge in [0.2, 0.25) is 5.91 Å². The molecule has 2 aromatic rings. The molecule has 0 unspecified atom stereocenters. The molecule has 3 rings (SSSR count). The lowest BCUT2D eigenvalue weighted by Crippen LogP contribution is -2.20. The predicted molar refractivity (Wildman–Crippen MR) is 72.1 cm³/mol.